The molecule has 164 valence electrons. The van der Waals surface area contributed by atoms with Gasteiger partial charge in [0.05, 0.1) is 7.11 Å². The van der Waals surface area contributed by atoms with Gasteiger partial charge in [0, 0.05) is 17.8 Å². The van der Waals surface area contributed by atoms with Crippen molar-refractivity contribution in [1.82, 2.24) is 0 Å². The molecule has 0 heterocycles. The maximum Gasteiger partial charge on any atom is 0.305 e. The van der Waals surface area contributed by atoms with Gasteiger partial charge in [-0.1, -0.05) is 33.6 Å². The van der Waals surface area contributed by atoms with E-state index < -0.39 is 11.5 Å². The van der Waals surface area contributed by atoms with Crippen molar-refractivity contribution in [1.29, 1.82) is 0 Å². The number of hydrogen-bond acceptors (Lipinski definition) is 4. The van der Waals surface area contributed by atoms with Crippen LogP contribution in [0.2, 0.25) is 0 Å². The van der Waals surface area contributed by atoms with Gasteiger partial charge in [-0.2, -0.15) is 0 Å². The van der Waals surface area contributed by atoms with Gasteiger partial charge in [-0.25, -0.2) is 0 Å². The number of fused-ring (bicyclic) bond motifs is 5. The van der Waals surface area contributed by atoms with Crippen molar-refractivity contribution in [3.63, 3.8) is 0 Å². The molecular formula is C25H40O4. The molecule has 29 heavy (non-hydrogen) atoms. The number of esters is 1. The highest BCUT2D eigenvalue weighted by molar-refractivity contribution is 5.91. The third kappa shape index (κ3) is 3.11. The fourth-order valence-electron chi connectivity index (χ4n) is 8.72. The van der Waals surface area contributed by atoms with Gasteiger partial charge in [0.15, 0.2) is 5.78 Å². The lowest BCUT2D eigenvalue weighted by molar-refractivity contribution is -0.184. The molecule has 4 fully saturated rings. The van der Waals surface area contributed by atoms with E-state index >= 15 is 0 Å². The van der Waals surface area contributed by atoms with Gasteiger partial charge in [-0.3, -0.25) is 9.59 Å². The second-order valence-electron chi connectivity index (χ2n) is 11.2. The van der Waals surface area contributed by atoms with E-state index in [9.17, 15) is 14.7 Å². The number of ether oxygens (including phenoxy) is 1. The molecule has 4 rings (SSSR count). The molecule has 0 aromatic carbocycles. The van der Waals surface area contributed by atoms with E-state index in [1.165, 1.54) is 45.6 Å². The zero-order valence-electron chi connectivity index (χ0n) is 18.8. The first-order chi connectivity index (χ1) is 13.7. The van der Waals surface area contributed by atoms with E-state index in [4.69, 9.17) is 4.74 Å². The van der Waals surface area contributed by atoms with Crippen molar-refractivity contribution in [2.45, 2.75) is 91.1 Å². The van der Waals surface area contributed by atoms with Crippen molar-refractivity contribution in [3.05, 3.63) is 0 Å². The summed E-state index contributed by atoms with van der Waals surface area (Å²) < 4.78 is 4.82. The van der Waals surface area contributed by atoms with Gasteiger partial charge in [-0.15, -0.1) is 0 Å². The highest BCUT2D eigenvalue weighted by atomic mass is 16.5. The summed E-state index contributed by atoms with van der Waals surface area (Å²) in [7, 11) is 1.43. The first-order valence-electron chi connectivity index (χ1n) is 12.0. The number of rotatable bonds is 4. The summed E-state index contributed by atoms with van der Waals surface area (Å²) in [6.07, 6.45) is 9.97. The third-order valence-corrected chi connectivity index (χ3v) is 10.2. The first kappa shape index (κ1) is 21.3. The van der Waals surface area contributed by atoms with Gasteiger partial charge in [0.2, 0.25) is 0 Å². The van der Waals surface area contributed by atoms with E-state index in [2.05, 4.69) is 20.8 Å². The lowest BCUT2D eigenvalue weighted by atomic mass is 9.43. The summed E-state index contributed by atoms with van der Waals surface area (Å²) in [6.45, 7) is 6.73. The van der Waals surface area contributed by atoms with Crippen LogP contribution in [-0.4, -0.2) is 30.1 Å². The number of aliphatic hydroxyl groups is 1. The average molecular weight is 405 g/mol. The standard InChI is InChI=1S/C25H40O4/c1-15(8-13-20(26)29-4)18-11-12-19-17-10-9-16-7-5-6-14-24(16,2)21(17)22(27)23(28)25(18,19)3/h15-19,21-22,27H,5-14H2,1-4H3/t15-,16+,17-,18+,19-,21+,22+,24-,25+/m0/s1. The van der Waals surface area contributed by atoms with E-state index in [0.717, 1.165) is 19.3 Å². The minimum Gasteiger partial charge on any atom is -0.469 e. The van der Waals surface area contributed by atoms with Crippen molar-refractivity contribution in [2.24, 2.45) is 46.3 Å². The first-order valence-corrected chi connectivity index (χ1v) is 12.0. The van der Waals surface area contributed by atoms with E-state index in [1.54, 1.807) is 0 Å². The average Bonchev–Trinajstić information content (AvgIpc) is 3.07. The van der Waals surface area contributed by atoms with Crippen LogP contribution in [0.5, 0.6) is 0 Å². The zero-order valence-corrected chi connectivity index (χ0v) is 18.8. The van der Waals surface area contributed by atoms with E-state index in [0.29, 0.717) is 30.1 Å². The number of hydrogen-bond donors (Lipinski definition) is 1. The fourth-order valence-corrected chi connectivity index (χ4v) is 8.72. The van der Waals surface area contributed by atoms with Crippen molar-refractivity contribution in [2.75, 3.05) is 7.11 Å². The molecule has 4 aliphatic carbocycles. The van der Waals surface area contributed by atoms with Crippen LogP contribution in [-0.2, 0) is 14.3 Å². The Morgan fingerprint density at radius 2 is 1.93 bits per heavy atom. The lowest BCUT2D eigenvalue weighted by Crippen LogP contribution is -2.63. The Kier molecular flexibility index (Phi) is 5.63. The number of aliphatic hydroxyl groups excluding tert-OH is 1. The van der Waals surface area contributed by atoms with Gasteiger partial charge in [0.25, 0.3) is 0 Å². The minimum atomic E-state index is -0.805. The lowest BCUT2D eigenvalue weighted by Gasteiger charge is -2.61. The molecule has 9 atom stereocenters. The van der Waals surface area contributed by atoms with Crippen LogP contribution < -0.4 is 0 Å². The Balaban J connectivity index is 1.60. The van der Waals surface area contributed by atoms with Crippen molar-refractivity contribution >= 4 is 11.8 Å². The topological polar surface area (TPSA) is 63.6 Å². The summed E-state index contributed by atoms with van der Waals surface area (Å²) in [5.74, 6) is 2.20. The SMILES string of the molecule is COC(=O)CC[C@H](C)[C@H]1CC[C@H]2[C@@H]3CC[C@H]4CCCC[C@]4(C)[C@H]3[C@@H](O)C(=O)[C@]12C. The number of Topliss-reactive ketones (excluding diaryl/α,β-unsaturated/α-hetero) is 1. The smallest absolute Gasteiger partial charge is 0.305 e. The van der Waals surface area contributed by atoms with Crippen LogP contribution in [0.4, 0.5) is 0 Å². The largest absolute Gasteiger partial charge is 0.469 e. The van der Waals surface area contributed by atoms with Gasteiger partial charge < -0.3 is 9.84 Å². The molecule has 4 nitrogen and oxygen atoms in total. The molecule has 0 aliphatic heterocycles. The Labute approximate surface area is 176 Å². The Morgan fingerprint density at radius 3 is 2.66 bits per heavy atom. The normalized spacial score (nSPS) is 47.7. The monoisotopic (exact) mass is 404 g/mol. The number of methoxy groups -OCH3 is 1. The number of carbonyl (C=O) groups is 2. The summed E-state index contributed by atoms with van der Waals surface area (Å²) in [6, 6.07) is 0. The molecule has 0 saturated heterocycles. The fraction of sp³-hybridized carbons (Fsp3) is 0.920. The zero-order chi connectivity index (χ0) is 21.0. The van der Waals surface area contributed by atoms with Crippen LogP contribution in [0.1, 0.15) is 85.0 Å². The predicted octanol–water partition coefficient (Wildman–Crippen LogP) is 4.77. The van der Waals surface area contributed by atoms with Crippen LogP contribution in [0, 0.1) is 46.3 Å². The molecule has 0 aromatic rings. The molecule has 0 radical (unpaired) electrons. The molecule has 0 bridgehead atoms. The summed E-state index contributed by atoms with van der Waals surface area (Å²) >= 11 is 0. The summed E-state index contributed by atoms with van der Waals surface area (Å²) in [4.78, 5) is 25.4. The van der Waals surface area contributed by atoms with Crippen LogP contribution in [0.15, 0.2) is 0 Å². The van der Waals surface area contributed by atoms with Crippen LogP contribution >= 0.6 is 0 Å². The molecule has 0 amide bonds. The van der Waals surface area contributed by atoms with Gasteiger partial charge in [-0.05, 0) is 80.0 Å². The molecular weight excluding hydrogens is 364 g/mol. The predicted molar refractivity (Wildman–Crippen MR) is 112 cm³/mol. The third-order valence-electron chi connectivity index (χ3n) is 10.2. The molecule has 0 spiro atoms. The maximum atomic E-state index is 13.8. The van der Waals surface area contributed by atoms with Gasteiger partial charge >= 0.3 is 5.97 Å². The van der Waals surface area contributed by atoms with Gasteiger partial charge in [0.1, 0.15) is 6.10 Å². The quantitative estimate of drug-likeness (QED) is 0.685. The van der Waals surface area contributed by atoms with Crippen LogP contribution in [0.3, 0.4) is 0 Å². The summed E-state index contributed by atoms with van der Waals surface area (Å²) in [5.41, 5.74) is -0.305. The summed E-state index contributed by atoms with van der Waals surface area (Å²) in [5, 5.41) is 11.4. The Bertz CT molecular complexity index is 659. The van der Waals surface area contributed by atoms with Crippen molar-refractivity contribution < 1.29 is 19.4 Å². The molecule has 4 aliphatic rings. The van der Waals surface area contributed by atoms with E-state index in [1.807, 2.05) is 0 Å². The Hall–Kier alpha value is -0.900. The highest BCUT2D eigenvalue weighted by Gasteiger charge is 2.66. The highest BCUT2D eigenvalue weighted by Crippen LogP contribution is 2.67. The number of ketones is 1. The second-order valence-corrected chi connectivity index (χ2v) is 11.2. The molecule has 1 N–H and O–H groups in total. The minimum absolute atomic E-state index is 0.114. The van der Waals surface area contributed by atoms with Crippen molar-refractivity contribution in [3.8, 4) is 0 Å². The van der Waals surface area contributed by atoms with E-state index in [-0.39, 0.29) is 29.0 Å². The number of carbonyl (C=O) groups excluding carboxylic acids is 2. The maximum absolute atomic E-state index is 13.8. The molecule has 0 unspecified atom stereocenters. The molecule has 4 heteroatoms. The second kappa shape index (κ2) is 7.66. The Morgan fingerprint density at radius 1 is 1.17 bits per heavy atom. The molecule has 4 saturated carbocycles. The van der Waals surface area contributed by atoms with Crippen LogP contribution in [0.25, 0.3) is 0 Å². The molecule has 0 aromatic heterocycles.